The molecule has 3 heteroatoms. The molecular weight excluding hydrogens is 191 g/mol. The van der Waals surface area contributed by atoms with Gasteiger partial charge in [0.2, 0.25) is 0 Å². The Labute approximate surface area is 89.2 Å². The molecule has 1 heterocycles. The maximum Gasteiger partial charge on any atom is 0.123 e. The number of nitrogens with one attached hydrogen (secondary N) is 1. The van der Waals surface area contributed by atoms with Crippen LogP contribution < -0.4 is 5.32 Å². The summed E-state index contributed by atoms with van der Waals surface area (Å²) in [4.78, 5) is 4.39. The zero-order chi connectivity index (χ0) is 10.5. The topological polar surface area (TPSA) is 24.4 Å². The van der Waals surface area contributed by atoms with Crippen molar-refractivity contribution in [3.05, 3.63) is 35.6 Å². The molecule has 0 amide bonds. The Morgan fingerprint density at radius 2 is 2.00 bits per heavy atom. The van der Waals surface area contributed by atoms with Crippen LogP contribution in [0.25, 0.3) is 0 Å². The molecule has 0 bridgehead atoms. The Morgan fingerprint density at radius 3 is 2.67 bits per heavy atom. The van der Waals surface area contributed by atoms with Crippen molar-refractivity contribution >= 4 is 5.84 Å². The van der Waals surface area contributed by atoms with E-state index in [1.165, 1.54) is 25.0 Å². The minimum atomic E-state index is -0.186. The minimum Gasteiger partial charge on any atom is -0.370 e. The molecule has 0 fully saturated rings. The quantitative estimate of drug-likeness (QED) is 0.790. The van der Waals surface area contributed by atoms with Crippen LogP contribution in [0.15, 0.2) is 29.3 Å². The van der Waals surface area contributed by atoms with E-state index in [2.05, 4.69) is 10.3 Å². The van der Waals surface area contributed by atoms with Gasteiger partial charge in [-0.2, -0.15) is 0 Å². The van der Waals surface area contributed by atoms with Gasteiger partial charge >= 0.3 is 0 Å². The molecule has 0 atom stereocenters. The van der Waals surface area contributed by atoms with Crippen molar-refractivity contribution in [1.82, 2.24) is 5.32 Å². The summed E-state index contributed by atoms with van der Waals surface area (Å²) in [5.74, 6) is 0.902. The second-order valence-electron chi connectivity index (χ2n) is 3.77. The Bertz CT molecular complexity index is 343. The summed E-state index contributed by atoms with van der Waals surface area (Å²) in [7, 11) is 0. The van der Waals surface area contributed by atoms with Gasteiger partial charge in [0.15, 0.2) is 0 Å². The van der Waals surface area contributed by atoms with Gasteiger partial charge < -0.3 is 5.32 Å². The predicted molar refractivity (Wildman–Crippen MR) is 59.4 cm³/mol. The van der Waals surface area contributed by atoms with Crippen LogP contribution in [0, 0.1) is 5.82 Å². The third-order valence-corrected chi connectivity index (χ3v) is 2.53. The molecule has 1 aromatic rings. The van der Waals surface area contributed by atoms with E-state index in [0.29, 0.717) is 0 Å². The van der Waals surface area contributed by atoms with Gasteiger partial charge in [-0.05, 0) is 30.5 Å². The number of benzene rings is 1. The van der Waals surface area contributed by atoms with Crippen molar-refractivity contribution in [2.24, 2.45) is 4.99 Å². The van der Waals surface area contributed by atoms with Crippen LogP contribution in [0.1, 0.15) is 24.8 Å². The summed E-state index contributed by atoms with van der Waals surface area (Å²) < 4.78 is 12.6. The third-order valence-electron chi connectivity index (χ3n) is 2.53. The van der Waals surface area contributed by atoms with Crippen molar-refractivity contribution in [2.45, 2.75) is 25.8 Å². The number of amidine groups is 1. The van der Waals surface area contributed by atoms with E-state index >= 15 is 0 Å². The molecule has 0 saturated heterocycles. The molecule has 1 aliphatic rings. The van der Waals surface area contributed by atoms with Crippen LogP contribution in [0.3, 0.4) is 0 Å². The van der Waals surface area contributed by atoms with E-state index < -0.39 is 0 Å². The summed E-state index contributed by atoms with van der Waals surface area (Å²) >= 11 is 0. The SMILES string of the molecule is Fc1ccc(CNC2=NCCCC2)cc1. The number of halogens is 1. The van der Waals surface area contributed by atoms with E-state index in [1.807, 2.05) is 0 Å². The van der Waals surface area contributed by atoms with Crippen LogP contribution in [0.5, 0.6) is 0 Å². The predicted octanol–water partition coefficient (Wildman–Crippen LogP) is 2.50. The fourth-order valence-electron chi connectivity index (χ4n) is 1.65. The number of rotatable bonds is 2. The average Bonchev–Trinajstić information content (AvgIpc) is 2.30. The Kier molecular flexibility index (Phi) is 3.33. The Hall–Kier alpha value is -1.38. The first kappa shape index (κ1) is 10.1. The lowest BCUT2D eigenvalue weighted by molar-refractivity contribution is 0.626. The van der Waals surface area contributed by atoms with Crippen molar-refractivity contribution in [3.63, 3.8) is 0 Å². The zero-order valence-electron chi connectivity index (χ0n) is 8.67. The van der Waals surface area contributed by atoms with E-state index in [1.54, 1.807) is 12.1 Å². The second kappa shape index (κ2) is 4.91. The van der Waals surface area contributed by atoms with Crippen molar-refractivity contribution < 1.29 is 4.39 Å². The van der Waals surface area contributed by atoms with E-state index in [9.17, 15) is 4.39 Å². The van der Waals surface area contributed by atoms with Gasteiger partial charge in [-0.15, -0.1) is 0 Å². The monoisotopic (exact) mass is 206 g/mol. The highest BCUT2D eigenvalue weighted by Gasteiger charge is 2.03. The number of hydrogen-bond donors (Lipinski definition) is 1. The third kappa shape index (κ3) is 3.05. The fraction of sp³-hybridized carbons (Fsp3) is 0.417. The van der Waals surface area contributed by atoms with Gasteiger partial charge in [0.1, 0.15) is 5.82 Å². The molecule has 0 aliphatic carbocycles. The molecule has 1 N–H and O–H groups in total. The molecule has 80 valence electrons. The summed E-state index contributed by atoms with van der Waals surface area (Å²) in [5.41, 5.74) is 1.09. The normalized spacial score (nSPS) is 15.9. The van der Waals surface area contributed by atoms with Crippen molar-refractivity contribution in [1.29, 1.82) is 0 Å². The van der Waals surface area contributed by atoms with Crippen LogP contribution in [-0.2, 0) is 6.54 Å². The molecule has 0 unspecified atom stereocenters. The van der Waals surface area contributed by atoms with Gasteiger partial charge in [0.25, 0.3) is 0 Å². The molecule has 2 rings (SSSR count). The molecule has 1 aliphatic heterocycles. The van der Waals surface area contributed by atoms with E-state index in [0.717, 1.165) is 30.9 Å². The second-order valence-corrected chi connectivity index (χ2v) is 3.77. The first-order valence-corrected chi connectivity index (χ1v) is 5.36. The highest BCUT2D eigenvalue weighted by molar-refractivity contribution is 5.82. The number of nitrogens with zero attached hydrogens (tertiary/aromatic N) is 1. The summed E-state index contributed by atoms with van der Waals surface area (Å²) in [6.07, 6.45) is 3.46. The van der Waals surface area contributed by atoms with Crippen LogP contribution >= 0.6 is 0 Å². The fourth-order valence-corrected chi connectivity index (χ4v) is 1.65. The highest BCUT2D eigenvalue weighted by atomic mass is 19.1. The molecule has 0 aromatic heterocycles. The van der Waals surface area contributed by atoms with Crippen molar-refractivity contribution in [2.75, 3.05) is 6.54 Å². The summed E-state index contributed by atoms with van der Waals surface area (Å²) in [6, 6.07) is 6.57. The molecule has 15 heavy (non-hydrogen) atoms. The van der Waals surface area contributed by atoms with Gasteiger partial charge in [0, 0.05) is 19.5 Å². The Balaban J connectivity index is 1.87. The van der Waals surface area contributed by atoms with Gasteiger partial charge in [-0.3, -0.25) is 4.99 Å². The van der Waals surface area contributed by atoms with Crippen molar-refractivity contribution in [3.8, 4) is 0 Å². The first-order valence-electron chi connectivity index (χ1n) is 5.36. The largest absolute Gasteiger partial charge is 0.370 e. The molecule has 1 aromatic carbocycles. The maximum absolute atomic E-state index is 12.6. The molecular formula is C12H15FN2. The van der Waals surface area contributed by atoms with Gasteiger partial charge in [-0.25, -0.2) is 4.39 Å². The molecule has 0 radical (unpaired) electrons. The smallest absolute Gasteiger partial charge is 0.123 e. The zero-order valence-corrected chi connectivity index (χ0v) is 8.67. The lowest BCUT2D eigenvalue weighted by atomic mass is 10.1. The molecule has 0 spiro atoms. The lowest BCUT2D eigenvalue weighted by Gasteiger charge is -2.13. The van der Waals surface area contributed by atoms with Gasteiger partial charge in [0.05, 0.1) is 5.84 Å². The minimum absolute atomic E-state index is 0.186. The number of aliphatic imine (C=N–C) groups is 1. The Morgan fingerprint density at radius 1 is 1.20 bits per heavy atom. The van der Waals surface area contributed by atoms with Gasteiger partial charge in [-0.1, -0.05) is 12.1 Å². The number of hydrogen-bond acceptors (Lipinski definition) is 2. The standard InChI is InChI=1S/C12H15FN2/c13-11-6-4-10(5-7-11)9-15-12-3-1-2-8-14-12/h4-7H,1-3,8-9H2,(H,14,15). The summed E-state index contributed by atoms with van der Waals surface area (Å²) in [6.45, 7) is 1.67. The van der Waals surface area contributed by atoms with Crippen LogP contribution in [0.4, 0.5) is 4.39 Å². The average molecular weight is 206 g/mol. The molecule has 0 saturated carbocycles. The van der Waals surface area contributed by atoms with E-state index in [4.69, 9.17) is 0 Å². The highest BCUT2D eigenvalue weighted by Crippen LogP contribution is 2.06. The lowest BCUT2D eigenvalue weighted by Crippen LogP contribution is -2.25. The maximum atomic E-state index is 12.6. The summed E-state index contributed by atoms with van der Waals surface area (Å²) in [5, 5.41) is 3.28. The van der Waals surface area contributed by atoms with E-state index in [-0.39, 0.29) is 5.82 Å². The first-order chi connectivity index (χ1) is 7.34. The van der Waals surface area contributed by atoms with Crippen LogP contribution in [0.2, 0.25) is 0 Å². The van der Waals surface area contributed by atoms with Crippen LogP contribution in [-0.4, -0.2) is 12.4 Å². The molecule has 2 nitrogen and oxygen atoms in total.